The lowest BCUT2D eigenvalue weighted by molar-refractivity contribution is -0.142. The Morgan fingerprint density at radius 1 is 1.21 bits per heavy atom. The minimum absolute atomic E-state index is 0.0682. The van der Waals surface area contributed by atoms with Gasteiger partial charge in [-0.2, -0.15) is 0 Å². The maximum absolute atomic E-state index is 12.4. The average molecular weight is 399 g/mol. The molecule has 0 radical (unpaired) electrons. The molecule has 0 aromatic heterocycles. The fourth-order valence-corrected chi connectivity index (χ4v) is 3.04. The van der Waals surface area contributed by atoms with E-state index in [4.69, 9.17) is 16.6 Å². The number of hydrogen-bond acceptors (Lipinski definition) is 6. The van der Waals surface area contributed by atoms with Gasteiger partial charge in [0.2, 0.25) is 23.6 Å². The lowest BCUT2D eigenvalue weighted by atomic mass is 10.0. The van der Waals surface area contributed by atoms with Crippen LogP contribution in [0.2, 0.25) is 0 Å². The van der Waals surface area contributed by atoms with E-state index in [9.17, 15) is 24.0 Å². The third-order valence-electron chi connectivity index (χ3n) is 4.34. The van der Waals surface area contributed by atoms with Gasteiger partial charge >= 0.3 is 5.97 Å². The first-order valence-electron chi connectivity index (χ1n) is 9.17. The SMILES string of the molecule is CC(C)CC(NC(=O)CNC(=O)C1CCCN1C(=O)C(N)CC(N)=O)C(=O)O. The largest absolute Gasteiger partial charge is 0.480 e. The Balaban J connectivity index is 2.59. The van der Waals surface area contributed by atoms with Gasteiger partial charge in [-0.05, 0) is 25.2 Å². The summed E-state index contributed by atoms with van der Waals surface area (Å²) in [5.41, 5.74) is 10.7. The van der Waals surface area contributed by atoms with Gasteiger partial charge in [0.05, 0.1) is 19.0 Å². The summed E-state index contributed by atoms with van der Waals surface area (Å²) < 4.78 is 0. The maximum atomic E-state index is 12.4. The summed E-state index contributed by atoms with van der Waals surface area (Å²) in [6.45, 7) is 3.56. The van der Waals surface area contributed by atoms with E-state index in [1.165, 1.54) is 4.90 Å². The molecule has 1 heterocycles. The van der Waals surface area contributed by atoms with Crippen LogP contribution in [-0.4, -0.2) is 70.8 Å². The molecule has 1 saturated heterocycles. The van der Waals surface area contributed by atoms with Gasteiger partial charge in [0.25, 0.3) is 0 Å². The van der Waals surface area contributed by atoms with E-state index in [2.05, 4.69) is 10.6 Å². The van der Waals surface area contributed by atoms with Crippen LogP contribution in [0.4, 0.5) is 0 Å². The van der Waals surface area contributed by atoms with E-state index in [0.717, 1.165) is 0 Å². The second-order valence-electron chi connectivity index (χ2n) is 7.27. The van der Waals surface area contributed by atoms with Crippen molar-refractivity contribution in [3.63, 3.8) is 0 Å². The van der Waals surface area contributed by atoms with Crippen LogP contribution in [0.25, 0.3) is 0 Å². The molecule has 3 unspecified atom stereocenters. The predicted molar refractivity (Wildman–Crippen MR) is 98.6 cm³/mol. The van der Waals surface area contributed by atoms with Gasteiger partial charge in [0.1, 0.15) is 12.1 Å². The second-order valence-corrected chi connectivity index (χ2v) is 7.27. The van der Waals surface area contributed by atoms with E-state index >= 15 is 0 Å². The number of hydrogen-bond donors (Lipinski definition) is 5. The van der Waals surface area contributed by atoms with Crippen molar-refractivity contribution in [2.45, 2.75) is 57.7 Å². The highest BCUT2D eigenvalue weighted by molar-refractivity contribution is 5.94. The van der Waals surface area contributed by atoms with Crippen LogP contribution in [0.15, 0.2) is 0 Å². The van der Waals surface area contributed by atoms with E-state index in [1.54, 1.807) is 0 Å². The number of rotatable bonds is 10. The third-order valence-corrected chi connectivity index (χ3v) is 4.34. The molecule has 0 bridgehead atoms. The van der Waals surface area contributed by atoms with E-state index in [-0.39, 0.29) is 18.8 Å². The first kappa shape index (κ1) is 23.3. The zero-order valence-corrected chi connectivity index (χ0v) is 16.1. The molecular formula is C17H29N5O6. The summed E-state index contributed by atoms with van der Waals surface area (Å²) in [5, 5.41) is 13.9. The van der Waals surface area contributed by atoms with Gasteiger partial charge in [-0.25, -0.2) is 4.79 Å². The molecule has 0 aromatic rings. The molecule has 1 rings (SSSR count). The number of nitrogens with two attached hydrogens (primary N) is 2. The molecule has 0 spiro atoms. The number of carbonyl (C=O) groups excluding carboxylic acids is 4. The number of carboxylic acid groups (broad SMARTS) is 1. The third kappa shape index (κ3) is 7.14. The average Bonchev–Trinajstić information content (AvgIpc) is 3.06. The topological polar surface area (TPSA) is 185 Å². The molecule has 7 N–H and O–H groups in total. The van der Waals surface area contributed by atoms with Crippen LogP contribution >= 0.6 is 0 Å². The molecule has 0 aromatic carbocycles. The van der Waals surface area contributed by atoms with Crippen molar-refractivity contribution in [3.8, 4) is 0 Å². The minimum Gasteiger partial charge on any atom is -0.480 e. The number of amides is 4. The van der Waals surface area contributed by atoms with Crippen molar-refractivity contribution in [2.75, 3.05) is 13.1 Å². The summed E-state index contributed by atoms with van der Waals surface area (Å²) in [5.74, 6) is -3.52. The molecule has 3 atom stereocenters. The Morgan fingerprint density at radius 2 is 1.86 bits per heavy atom. The monoisotopic (exact) mass is 399 g/mol. The Bertz CT molecular complexity index is 623. The van der Waals surface area contributed by atoms with Gasteiger partial charge in [0.15, 0.2) is 0 Å². The van der Waals surface area contributed by atoms with Crippen molar-refractivity contribution in [3.05, 3.63) is 0 Å². The Labute approximate surface area is 163 Å². The van der Waals surface area contributed by atoms with Gasteiger partial charge in [-0.3, -0.25) is 19.2 Å². The number of aliphatic carboxylic acids is 1. The number of nitrogens with one attached hydrogen (secondary N) is 2. The standard InChI is InChI=1S/C17H29N5O6/c1-9(2)6-11(17(27)28)21-14(24)8-20-15(25)12-4-3-5-22(12)16(26)10(18)7-13(19)23/h9-12H,3-8,18H2,1-2H3,(H2,19,23)(H,20,25)(H,21,24)(H,27,28). The maximum Gasteiger partial charge on any atom is 0.326 e. The van der Waals surface area contributed by atoms with Crippen molar-refractivity contribution in [2.24, 2.45) is 17.4 Å². The van der Waals surface area contributed by atoms with Crippen molar-refractivity contribution >= 4 is 29.6 Å². The number of nitrogens with zero attached hydrogens (tertiary/aromatic N) is 1. The number of likely N-dealkylation sites (tertiary alicyclic amines) is 1. The highest BCUT2D eigenvalue weighted by Crippen LogP contribution is 2.18. The van der Waals surface area contributed by atoms with Crippen molar-refractivity contribution < 1.29 is 29.1 Å². The van der Waals surface area contributed by atoms with Crippen LogP contribution in [0.1, 0.15) is 39.5 Å². The van der Waals surface area contributed by atoms with Crippen LogP contribution < -0.4 is 22.1 Å². The minimum atomic E-state index is -1.15. The highest BCUT2D eigenvalue weighted by atomic mass is 16.4. The molecule has 158 valence electrons. The Hall–Kier alpha value is -2.69. The van der Waals surface area contributed by atoms with Crippen LogP contribution in [0.5, 0.6) is 0 Å². The van der Waals surface area contributed by atoms with Crippen LogP contribution in [-0.2, 0) is 24.0 Å². The number of primary amides is 1. The van der Waals surface area contributed by atoms with Gasteiger partial charge in [-0.15, -0.1) is 0 Å². The first-order valence-corrected chi connectivity index (χ1v) is 9.17. The van der Waals surface area contributed by atoms with Gasteiger partial charge < -0.3 is 32.1 Å². The molecule has 11 heteroatoms. The van der Waals surface area contributed by atoms with Crippen molar-refractivity contribution in [1.29, 1.82) is 0 Å². The molecule has 4 amide bonds. The first-order chi connectivity index (χ1) is 13.0. The van der Waals surface area contributed by atoms with E-state index < -0.39 is 54.3 Å². The second kappa shape index (κ2) is 10.6. The summed E-state index contributed by atoms with van der Waals surface area (Å²) in [7, 11) is 0. The predicted octanol–water partition coefficient (Wildman–Crippen LogP) is -2.09. The van der Waals surface area contributed by atoms with Crippen LogP contribution in [0, 0.1) is 5.92 Å². The van der Waals surface area contributed by atoms with Gasteiger partial charge in [-0.1, -0.05) is 13.8 Å². The molecule has 11 nitrogen and oxygen atoms in total. The fraction of sp³-hybridized carbons (Fsp3) is 0.706. The molecule has 1 aliphatic heterocycles. The molecule has 1 fully saturated rings. The summed E-state index contributed by atoms with van der Waals surface area (Å²) in [6.07, 6.45) is 0.915. The lowest BCUT2D eigenvalue weighted by Gasteiger charge is -2.26. The smallest absolute Gasteiger partial charge is 0.326 e. The van der Waals surface area contributed by atoms with Crippen molar-refractivity contribution in [1.82, 2.24) is 15.5 Å². The normalized spacial score (nSPS) is 18.4. The molecular weight excluding hydrogens is 370 g/mol. The molecule has 1 aliphatic rings. The zero-order valence-electron chi connectivity index (χ0n) is 16.1. The Morgan fingerprint density at radius 3 is 2.39 bits per heavy atom. The van der Waals surface area contributed by atoms with E-state index in [0.29, 0.717) is 19.4 Å². The summed E-state index contributed by atoms with van der Waals surface area (Å²) >= 11 is 0. The highest BCUT2D eigenvalue weighted by Gasteiger charge is 2.36. The van der Waals surface area contributed by atoms with E-state index in [1.807, 2.05) is 13.8 Å². The fourth-order valence-electron chi connectivity index (χ4n) is 3.04. The number of carbonyl (C=O) groups is 5. The number of carboxylic acids is 1. The molecule has 0 aliphatic carbocycles. The lowest BCUT2D eigenvalue weighted by Crippen LogP contribution is -2.53. The van der Waals surface area contributed by atoms with Crippen LogP contribution in [0.3, 0.4) is 0 Å². The Kier molecular flexibility index (Phi) is 8.83. The zero-order chi connectivity index (χ0) is 21.4. The summed E-state index contributed by atoms with van der Waals surface area (Å²) in [6, 6.07) is -2.97. The molecule has 0 saturated carbocycles. The quantitative estimate of drug-likeness (QED) is 0.279. The molecule has 28 heavy (non-hydrogen) atoms. The van der Waals surface area contributed by atoms with Gasteiger partial charge in [0, 0.05) is 6.54 Å². The summed E-state index contributed by atoms with van der Waals surface area (Å²) in [4.78, 5) is 60.1.